The molecule has 2 heterocycles. The van der Waals surface area contributed by atoms with E-state index in [1.807, 2.05) is 0 Å². The number of halogens is 1. The van der Waals surface area contributed by atoms with Crippen molar-refractivity contribution in [3.63, 3.8) is 0 Å². The first kappa shape index (κ1) is 22.5. The molecule has 3 unspecified atom stereocenters. The maximum atomic E-state index is 10.4. The van der Waals surface area contributed by atoms with Crippen molar-refractivity contribution in [2.45, 2.75) is 41.8 Å². The van der Waals surface area contributed by atoms with E-state index in [2.05, 4.69) is 33.1 Å². The summed E-state index contributed by atoms with van der Waals surface area (Å²) in [6.07, 6.45) is 4.03. The average molecular weight is 453 g/mol. The van der Waals surface area contributed by atoms with Gasteiger partial charge in [0.05, 0.1) is 32.1 Å². The summed E-state index contributed by atoms with van der Waals surface area (Å²) in [6.45, 7) is 0.0392. The first-order valence-corrected chi connectivity index (χ1v) is 10.0. The third-order valence-electron chi connectivity index (χ3n) is 5.20. The predicted octanol–water partition coefficient (Wildman–Crippen LogP) is 0.808. The number of nitrogens with one attached hydrogen (secondary N) is 2. The molecule has 0 amide bonds. The molecule has 10 heteroatoms. The predicted molar refractivity (Wildman–Crippen MR) is 117 cm³/mol. The fourth-order valence-electron chi connectivity index (χ4n) is 3.30. The molecule has 0 bridgehead atoms. The Morgan fingerprint density at radius 1 is 1.21 bits per heavy atom. The van der Waals surface area contributed by atoms with Gasteiger partial charge >= 0.3 is 0 Å². The van der Waals surface area contributed by atoms with E-state index >= 15 is 0 Å². The van der Waals surface area contributed by atoms with Crippen molar-refractivity contribution >= 4 is 51.4 Å². The Hall–Kier alpha value is -1.24. The van der Waals surface area contributed by atoms with Gasteiger partial charge in [0.1, 0.15) is 21.9 Å². The monoisotopic (exact) mass is 452 g/mol. The number of rotatable bonds is 3. The lowest BCUT2D eigenvalue weighted by Crippen LogP contribution is -2.65. The second-order valence-electron chi connectivity index (χ2n) is 7.46. The van der Waals surface area contributed by atoms with E-state index < -0.39 is 16.3 Å². The van der Waals surface area contributed by atoms with Gasteiger partial charge in [0, 0.05) is 39.4 Å². The van der Waals surface area contributed by atoms with Gasteiger partial charge in [0.15, 0.2) is 0 Å². The van der Waals surface area contributed by atoms with Crippen molar-refractivity contribution in [1.29, 1.82) is 5.41 Å². The van der Waals surface area contributed by atoms with Gasteiger partial charge < -0.3 is 30.4 Å². The minimum Gasteiger partial charge on any atom is -0.397 e. The third-order valence-corrected chi connectivity index (χ3v) is 5.85. The van der Waals surface area contributed by atoms with Gasteiger partial charge in [-0.25, -0.2) is 0 Å². The minimum atomic E-state index is -2.15. The van der Waals surface area contributed by atoms with Gasteiger partial charge in [-0.2, -0.15) is 0 Å². The summed E-state index contributed by atoms with van der Waals surface area (Å²) in [5.41, 5.74) is -2.48. The maximum Gasteiger partial charge on any atom is 0.127 e. The van der Waals surface area contributed by atoms with Gasteiger partial charge in [-0.1, -0.05) is 11.8 Å². The van der Waals surface area contributed by atoms with Gasteiger partial charge in [0.25, 0.3) is 0 Å². The van der Waals surface area contributed by atoms with E-state index in [9.17, 15) is 10.2 Å². The number of hydrogen-bond donors (Lipinski definition) is 4. The highest BCUT2D eigenvalue weighted by molar-refractivity contribution is 9.10. The molecule has 6 nitrogen and oxygen atoms in total. The van der Waals surface area contributed by atoms with E-state index in [1.165, 1.54) is 6.21 Å². The maximum absolute atomic E-state index is 10.4. The fraction of sp³-hybridized carbons (Fsp3) is 0.526. The number of aliphatic hydroxyl groups is 2. The molecule has 1 aromatic carbocycles. The number of benzene rings is 1. The van der Waals surface area contributed by atoms with Crippen molar-refractivity contribution in [2.75, 3.05) is 25.1 Å². The lowest BCUT2D eigenvalue weighted by atomic mass is 9.40. The molecule has 146 valence electrons. The number of hydrogen-bond acceptors (Lipinski definition) is 6. The highest BCUT2D eigenvalue weighted by Crippen LogP contribution is 2.46. The van der Waals surface area contributed by atoms with Crippen LogP contribution in [-0.2, 0) is 9.47 Å². The highest BCUT2D eigenvalue weighted by Gasteiger charge is 2.55. The molecule has 2 fully saturated rings. The zero-order chi connectivity index (χ0) is 21.3. The standard InChI is InChI=1S/C19H20B3BrN2O4/c20-17(18(21,26)10-28-11-19(17,22)27)5-4-12-8-15(13(9-24)7-14(12)23)25-16-3-1-2-6-29-16/h7-9,16,24-27H,1-3,6,10-11H2. The summed E-state index contributed by atoms with van der Waals surface area (Å²) in [5, 5.41) is 29.8. The van der Waals surface area contributed by atoms with Gasteiger partial charge in [0.2, 0.25) is 0 Å². The molecular weight excluding hydrogens is 433 g/mol. The molecule has 3 atom stereocenters. The van der Waals surface area contributed by atoms with Crippen LogP contribution in [0.4, 0.5) is 5.69 Å². The Labute approximate surface area is 183 Å². The molecule has 2 saturated heterocycles. The van der Waals surface area contributed by atoms with Crippen molar-refractivity contribution in [3.05, 3.63) is 27.7 Å². The molecule has 6 radical (unpaired) electrons. The van der Waals surface area contributed by atoms with E-state index in [4.69, 9.17) is 38.4 Å². The van der Waals surface area contributed by atoms with Crippen LogP contribution in [0.1, 0.15) is 30.4 Å². The van der Waals surface area contributed by atoms with Crippen molar-refractivity contribution in [3.8, 4) is 11.8 Å². The normalized spacial score (nSPS) is 34.7. The Kier molecular flexibility index (Phi) is 6.57. The van der Waals surface area contributed by atoms with E-state index in [1.54, 1.807) is 12.1 Å². The summed E-state index contributed by atoms with van der Waals surface area (Å²) in [7, 11) is 17.8. The summed E-state index contributed by atoms with van der Waals surface area (Å²) < 4.78 is 11.4. The van der Waals surface area contributed by atoms with Crippen LogP contribution in [0.15, 0.2) is 16.6 Å². The van der Waals surface area contributed by atoms with Crippen LogP contribution in [0.3, 0.4) is 0 Å². The quantitative estimate of drug-likeness (QED) is 0.309. The molecule has 4 N–H and O–H groups in total. The fourth-order valence-corrected chi connectivity index (χ4v) is 3.76. The van der Waals surface area contributed by atoms with Crippen molar-refractivity contribution < 1.29 is 19.7 Å². The zero-order valence-electron chi connectivity index (χ0n) is 15.9. The van der Waals surface area contributed by atoms with E-state index in [0.29, 0.717) is 27.9 Å². The van der Waals surface area contributed by atoms with Crippen LogP contribution < -0.4 is 5.32 Å². The molecule has 29 heavy (non-hydrogen) atoms. The van der Waals surface area contributed by atoms with Crippen LogP contribution in [0.2, 0.25) is 5.31 Å². The Bertz CT molecular complexity index is 832. The Morgan fingerprint density at radius 2 is 1.90 bits per heavy atom. The SMILES string of the molecule is [B]C1(O)COCC([B])(O)C1([B])C#Cc1cc(NC2CCCCO2)c(C=N)cc1Br. The van der Waals surface area contributed by atoms with Gasteiger partial charge in [-0.15, -0.1) is 0 Å². The topological polar surface area (TPSA) is 94.8 Å². The summed E-state index contributed by atoms with van der Waals surface area (Å²) in [5.74, 6) is 5.51. The molecular formula is C19H20B3BrN2O4. The lowest BCUT2D eigenvalue weighted by Gasteiger charge is -2.53. The number of anilines is 1. The second kappa shape index (κ2) is 8.48. The van der Waals surface area contributed by atoms with Crippen LogP contribution >= 0.6 is 15.9 Å². The van der Waals surface area contributed by atoms with E-state index in [0.717, 1.165) is 19.3 Å². The summed E-state index contributed by atoms with van der Waals surface area (Å²) in [6, 6.07) is 3.47. The minimum absolute atomic E-state index is 0.149. The van der Waals surface area contributed by atoms with Crippen LogP contribution in [0.25, 0.3) is 0 Å². The molecule has 0 spiro atoms. The average Bonchev–Trinajstić information content (AvgIpc) is 2.67. The second-order valence-corrected chi connectivity index (χ2v) is 8.32. The summed E-state index contributed by atoms with van der Waals surface area (Å²) >= 11 is 3.43. The van der Waals surface area contributed by atoms with Crippen LogP contribution in [-0.4, -0.2) is 77.0 Å². The van der Waals surface area contributed by atoms with Gasteiger partial charge in [-0.05, 0) is 47.3 Å². The molecule has 0 aliphatic carbocycles. The largest absolute Gasteiger partial charge is 0.397 e. The van der Waals surface area contributed by atoms with Gasteiger partial charge in [-0.3, -0.25) is 0 Å². The molecule has 0 aromatic heterocycles. The first-order valence-electron chi connectivity index (χ1n) is 9.24. The Balaban J connectivity index is 1.97. The number of ether oxygens (including phenoxy) is 2. The molecule has 2 aliphatic rings. The molecule has 0 saturated carbocycles. The molecule has 2 aliphatic heterocycles. The van der Waals surface area contributed by atoms with Crippen LogP contribution in [0, 0.1) is 17.3 Å². The first-order chi connectivity index (χ1) is 13.6. The van der Waals surface area contributed by atoms with Crippen LogP contribution in [0.5, 0.6) is 0 Å². The smallest absolute Gasteiger partial charge is 0.127 e. The highest BCUT2D eigenvalue weighted by atomic mass is 79.9. The van der Waals surface area contributed by atoms with E-state index in [-0.39, 0.29) is 19.4 Å². The molecule has 1 aromatic rings. The zero-order valence-corrected chi connectivity index (χ0v) is 17.5. The lowest BCUT2D eigenvalue weighted by molar-refractivity contribution is -0.129. The third kappa shape index (κ3) is 4.45. The molecule has 3 rings (SSSR count). The summed E-state index contributed by atoms with van der Waals surface area (Å²) in [4.78, 5) is 0. The van der Waals surface area contributed by atoms with Crippen molar-refractivity contribution in [1.82, 2.24) is 0 Å². The van der Waals surface area contributed by atoms with Crippen molar-refractivity contribution in [2.24, 2.45) is 0 Å². The Morgan fingerprint density at radius 3 is 2.48 bits per heavy atom.